The first kappa shape index (κ1) is 15.0. The Kier molecular flexibility index (Phi) is 6.12. The summed E-state index contributed by atoms with van der Waals surface area (Å²) >= 11 is 0. The molecule has 18 heavy (non-hydrogen) atoms. The van der Waals surface area contributed by atoms with Crippen LogP contribution in [0, 0.1) is 0 Å². The molecule has 1 aromatic heterocycles. The van der Waals surface area contributed by atoms with Crippen LogP contribution in [0.3, 0.4) is 0 Å². The molecule has 2 unspecified atom stereocenters. The lowest BCUT2D eigenvalue weighted by Gasteiger charge is -2.26. The summed E-state index contributed by atoms with van der Waals surface area (Å²) in [5, 5.41) is 11.4. The molecule has 0 fully saturated rings. The van der Waals surface area contributed by atoms with Crippen LogP contribution < -0.4 is 10.2 Å². The summed E-state index contributed by atoms with van der Waals surface area (Å²) in [4.78, 5) is 2.21. The first-order valence-electron chi connectivity index (χ1n) is 6.91. The number of aromatic nitrogens is 2. The molecule has 1 rings (SSSR count). The lowest BCUT2D eigenvalue weighted by molar-refractivity contribution is 0.418. The SMILES string of the molecule is CCCCN(c1nnc(C(C)NC)o1)C(C)CC. The van der Waals surface area contributed by atoms with E-state index in [2.05, 4.69) is 41.2 Å². The minimum absolute atomic E-state index is 0.0937. The van der Waals surface area contributed by atoms with Crippen LogP contribution in [-0.2, 0) is 0 Å². The van der Waals surface area contributed by atoms with Gasteiger partial charge < -0.3 is 14.6 Å². The largest absolute Gasteiger partial charge is 0.406 e. The number of anilines is 1. The second-order valence-corrected chi connectivity index (χ2v) is 4.74. The van der Waals surface area contributed by atoms with Gasteiger partial charge in [-0.05, 0) is 33.7 Å². The Morgan fingerprint density at radius 1 is 1.28 bits per heavy atom. The van der Waals surface area contributed by atoms with E-state index in [0.29, 0.717) is 17.9 Å². The van der Waals surface area contributed by atoms with Crippen molar-refractivity contribution >= 4 is 6.01 Å². The number of hydrogen-bond acceptors (Lipinski definition) is 5. The second-order valence-electron chi connectivity index (χ2n) is 4.74. The molecule has 0 aliphatic heterocycles. The van der Waals surface area contributed by atoms with Gasteiger partial charge in [-0.3, -0.25) is 0 Å². The minimum atomic E-state index is 0.0937. The number of nitrogens with zero attached hydrogens (tertiary/aromatic N) is 3. The van der Waals surface area contributed by atoms with Gasteiger partial charge in [0.1, 0.15) is 0 Å². The summed E-state index contributed by atoms with van der Waals surface area (Å²) in [6.45, 7) is 9.55. The number of hydrogen-bond donors (Lipinski definition) is 1. The van der Waals surface area contributed by atoms with E-state index in [1.807, 2.05) is 14.0 Å². The maximum atomic E-state index is 5.76. The van der Waals surface area contributed by atoms with Crippen molar-refractivity contribution in [1.82, 2.24) is 15.5 Å². The maximum absolute atomic E-state index is 5.76. The van der Waals surface area contributed by atoms with Crippen molar-refractivity contribution in [3.8, 4) is 0 Å². The average Bonchev–Trinajstić information content (AvgIpc) is 2.87. The Morgan fingerprint density at radius 2 is 2.00 bits per heavy atom. The first-order valence-corrected chi connectivity index (χ1v) is 6.91. The van der Waals surface area contributed by atoms with Crippen LogP contribution in [0.4, 0.5) is 6.01 Å². The second kappa shape index (κ2) is 7.36. The van der Waals surface area contributed by atoms with E-state index in [9.17, 15) is 0 Å². The predicted octanol–water partition coefficient (Wildman–Crippen LogP) is 2.76. The van der Waals surface area contributed by atoms with E-state index in [-0.39, 0.29) is 6.04 Å². The van der Waals surface area contributed by atoms with Gasteiger partial charge in [0.2, 0.25) is 5.89 Å². The summed E-state index contributed by atoms with van der Waals surface area (Å²) in [5.74, 6) is 0.650. The number of nitrogens with one attached hydrogen (secondary N) is 1. The highest BCUT2D eigenvalue weighted by Gasteiger charge is 2.20. The Morgan fingerprint density at radius 3 is 2.56 bits per heavy atom. The fourth-order valence-corrected chi connectivity index (χ4v) is 1.69. The third-order valence-electron chi connectivity index (χ3n) is 3.35. The zero-order valence-electron chi connectivity index (χ0n) is 12.2. The van der Waals surface area contributed by atoms with Crippen molar-refractivity contribution < 1.29 is 4.42 Å². The number of rotatable bonds is 8. The normalized spacial score (nSPS) is 14.5. The third kappa shape index (κ3) is 3.70. The van der Waals surface area contributed by atoms with Crippen molar-refractivity contribution in [2.75, 3.05) is 18.5 Å². The van der Waals surface area contributed by atoms with Gasteiger partial charge in [0.05, 0.1) is 6.04 Å². The van der Waals surface area contributed by atoms with Gasteiger partial charge in [0, 0.05) is 12.6 Å². The summed E-state index contributed by atoms with van der Waals surface area (Å²) in [6.07, 6.45) is 3.38. The Bertz CT molecular complexity index is 339. The minimum Gasteiger partial charge on any atom is -0.406 e. The van der Waals surface area contributed by atoms with Crippen LogP contribution in [0.15, 0.2) is 4.42 Å². The molecule has 1 N–H and O–H groups in total. The van der Waals surface area contributed by atoms with Gasteiger partial charge in [-0.1, -0.05) is 25.4 Å². The van der Waals surface area contributed by atoms with Crippen molar-refractivity contribution in [2.24, 2.45) is 0 Å². The van der Waals surface area contributed by atoms with Crippen molar-refractivity contribution in [3.05, 3.63) is 5.89 Å². The van der Waals surface area contributed by atoms with Crippen molar-refractivity contribution in [2.45, 2.75) is 59.0 Å². The zero-order chi connectivity index (χ0) is 13.5. The quantitative estimate of drug-likeness (QED) is 0.773. The van der Waals surface area contributed by atoms with Crippen LogP contribution in [0.25, 0.3) is 0 Å². The molecule has 0 aromatic carbocycles. The topological polar surface area (TPSA) is 54.2 Å². The molecule has 0 amide bonds. The summed E-state index contributed by atoms with van der Waals surface area (Å²) < 4.78 is 5.76. The first-order chi connectivity index (χ1) is 8.63. The Hall–Kier alpha value is -1.10. The highest BCUT2D eigenvalue weighted by atomic mass is 16.4. The summed E-state index contributed by atoms with van der Waals surface area (Å²) in [5.41, 5.74) is 0. The molecule has 5 heteroatoms. The summed E-state index contributed by atoms with van der Waals surface area (Å²) in [7, 11) is 1.89. The van der Waals surface area contributed by atoms with Crippen molar-refractivity contribution in [3.63, 3.8) is 0 Å². The van der Waals surface area contributed by atoms with E-state index < -0.39 is 0 Å². The van der Waals surface area contributed by atoms with E-state index in [1.54, 1.807) is 0 Å². The van der Waals surface area contributed by atoms with Gasteiger partial charge in [-0.15, -0.1) is 5.10 Å². The predicted molar refractivity (Wildman–Crippen MR) is 73.8 cm³/mol. The Balaban J connectivity index is 2.81. The molecule has 0 saturated heterocycles. The smallest absolute Gasteiger partial charge is 0.318 e. The van der Waals surface area contributed by atoms with E-state index in [1.165, 1.54) is 6.42 Å². The highest BCUT2D eigenvalue weighted by molar-refractivity contribution is 5.26. The van der Waals surface area contributed by atoms with Crippen LogP contribution in [0.5, 0.6) is 0 Å². The average molecular weight is 254 g/mol. The lowest BCUT2D eigenvalue weighted by Crippen LogP contribution is -2.33. The lowest BCUT2D eigenvalue weighted by atomic mass is 10.2. The van der Waals surface area contributed by atoms with Crippen LogP contribution in [-0.4, -0.2) is 29.8 Å². The number of unbranched alkanes of at least 4 members (excludes halogenated alkanes) is 1. The van der Waals surface area contributed by atoms with Gasteiger partial charge in [0.15, 0.2) is 0 Å². The molecule has 104 valence electrons. The molecule has 0 aliphatic rings. The van der Waals surface area contributed by atoms with Gasteiger partial charge in [0.25, 0.3) is 0 Å². The molecule has 0 saturated carbocycles. The monoisotopic (exact) mass is 254 g/mol. The molecule has 2 atom stereocenters. The van der Waals surface area contributed by atoms with Gasteiger partial charge in [-0.2, -0.15) is 0 Å². The van der Waals surface area contributed by atoms with Crippen LogP contribution in [0.1, 0.15) is 58.9 Å². The van der Waals surface area contributed by atoms with Crippen LogP contribution >= 0.6 is 0 Å². The molecular weight excluding hydrogens is 228 g/mol. The fourth-order valence-electron chi connectivity index (χ4n) is 1.69. The van der Waals surface area contributed by atoms with E-state index in [0.717, 1.165) is 19.4 Å². The van der Waals surface area contributed by atoms with E-state index >= 15 is 0 Å². The Labute approximate surface area is 110 Å². The molecule has 5 nitrogen and oxygen atoms in total. The van der Waals surface area contributed by atoms with Crippen LogP contribution in [0.2, 0.25) is 0 Å². The highest BCUT2D eigenvalue weighted by Crippen LogP contribution is 2.20. The van der Waals surface area contributed by atoms with Crippen molar-refractivity contribution in [1.29, 1.82) is 0 Å². The fraction of sp³-hybridized carbons (Fsp3) is 0.846. The molecule has 0 aliphatic carbocycles. The molecule has 0 spiro atoms. The molecule has 0 radical (unpaired) electrons. The molecular formula is C13H26N4O. The molecule has 1 aromatic rings. The van der Waals surface area contributed by atoms with Gasteiger partial charge >= 0.3 is 6.01 Å². The zero-order valence-corrected chi connectivity index (χ0v) is 12.2. The van der Waals surface area contributed by atoms with E-state index in [4.69, 9.17) is 4.42 Å². The maximum Gasteiger partial charge on any atom is 0.318 e. The molecule has 0 bridgehead atoms. The molecule has 1 heterocycles. The van der Waals surface area contributed by atoms with Gasteiger partial charge in [-0.25, -0.2) is 0 Å². The summed E-state index contributed by atoms with van der Waals surface area (Å²) in [6, 6.07) is 1.17. The third-order valence-corrected chi connectivity index (χ3v) is 3.35. The standard InChI is InChI=1S/C13H26N4O/c1-6-8-9-17(10(3)7-2)13-16-15-12(18-13)11(4)14-5/h10-11,14H,6-9H2,1-5H3.